The lowest BCUT2D eigenvalue weighted by Gasteiger charge is -2.26. The van der Waals surface area contributed by atoms with E-state index in [9.17, 15) is 0 Å². The minimum absolute atomic E-state index is 0.832. The molecule has 0 unspecified atom stereocenters. The van der Waals surface area contributed by atoms with Crippen LogP contribution >= 0.6 is 11.3 Å². The quantitative estimate of drug-likeness (QED) is 0.783. The number of hydrogen-bond donors (Lipinski definition) is 0. The normalized spacial score (nSPS) is 21.8. The molecule has 1 aromatic rings. The molecular weight excluding hydrogens is 222 g/mol. The summed E-state index contributed by atoms with van der Waals surface area (Å²) in [6, 6.07) is 0. The summed E-state index contributed by atoms with van der Waals surface area (Å²) in [4.78, 5) is 9.45. The molecule has 16 heavy (non-hydrogen) atoms. The van der Waals surface area contributed by atoms with Gasteiger partial charge < -0.3 is 14.5 Å². The van der Waals surface area contributed by atoms with Gasteiger partial charge in [-0.2, -0.15) is 0 Å². The summed E-state index contributed by atoms with van der Waals surface area (Å²) in [6.07, 6.45) is 2.62. The highest BCUT2D eigenvalue weighted by atomic mass is 32.1. The Morgan fingerprint density at radius 3 is 2.56 bits per heavy atom. The van der Waals surface area contributed by atoms with Gasteiger partial charge in [0.25, 0.3) is 0 Å². The lowest BCUT2D eigenvalue weighted by atomic mass is 10.4. The number of thiazole rings is 1. The Hall–Kier alpha value is -0.810. The van der Waals surface area contributed by atoms with E-state index in [2.05, 4.69) is 15.2 Å². The van der Waals surface area contributed by atoms with Crippen molar-refractivity contribution in [2.75, 3.05) is 49.2 Å². The van der Waals surface area contributed by atoms with Gasteiger partial charge in [0.1, 0.15) is 5.82 Å². The molecule has 2 aliphatic heterocycles. The maximum atomic E-state index is 5.35. The third-order valence-electron chi connectivity index (χ3n) is 3.19. The summed E-state index contributed by atoms with van der Waals surface area (Å²) in [5.41, 5.74) is 0. The average Bonchev–Trinajstić information content (AvgIpc) is 3.01. The van der Waals surface area contributed by atoms with Crippen molar-refractivity contribution >= 4 is 22.3 Å². The predicted octanol–water partition coefficient (Wildman–Crippen LogP) is 1.58. The number of anilines is 2. The Morgan fingerprint density at radius 2 is 1.81 bits per heavy atom. The van der Waals surface area contributed by atoms with Gasteiger partial charge in [-0.05, 0) is 12.8 Å². The van der Waals surface area contributed by atoms with Crippen LogP contribution in [0.2, 0.25) is 0 Å². The maximum absolute atomic E-state index is 5.35. The topological polar surface area (TPSA) is 28.6 Å². The summed E-state index contributed by atoms with van der Waals surface area (Å²) in [5, 5.41) is 3.35. The van der Waals surface area contributed by atoms with Crippen molar-refractivity contribution in [1.29, 1.82) is 0 Å². The van der Waals surface area contributed by atoms with Crippen LogP contribution in [0.25, 0.3) is 0 Å². The average molecular weight is 239 g/mol. The number of rotatable bonds is 2. The first-order valence-corrected chi connectivity index (χ1v) is 6.84. The Morgan fingerprint density at radius 1 is 1.06 bits per heavy atom. The minimum atomic E-state index is 0.832. The van der Waals surface area contributed by atoms with Gasteiger partial charge in [0.05, 0.1) is 13.2 Å². The molecule has 0 bridgehead atoms. The van der Waals surface area contributed by atoms with Crippen LogP contribution in [-0.4, -0.2) is 44.4 Å². The molecular formula is C11H17N3OS. The van der Waals surface area contributed by atoms with Crippen LogP contribution in [-0.2, 0) is 4.74 Å². The lowest BCUT2D eigenvalue weighted by molar-refractivity contribution is 0.122. The van der Waals surface area contributed by atoms with Gasteiger partial charge in [-0.15, -0.1) is 11.3 Å². The van der Waals surface area contributed by atoms with Crippen molar-refractivity contribution in [2.24, 2.45) is 0 Å². The van der Waals surface area contributed by atoms with Crippen molar-refractivity contribution in [1.82, 2.24) is 4.98 Å². The fraction of sp³-hybridized carbons (Fsp3) is 0.727. The molecule has 2 aliphatic rings. The zero-order valence-corrected chi connectivity index (χ0v) is 10.2. The molecule has 0 aliphatic carbocycles. The highest BCUT2D eigenvalue weighted by Crippen LogP contribution is 2.28. The first kappa shape index (κ1) is 10.4. The van der Waals surface area contributed by atoms with Crippen LogP contribution in [0, 0.1) is 0 Å². The van der Waals surface area contributed by atoms with Crippen LogP contribution in [0.15, 0.2) is 5.38 Å². The summed E-state index contributed by atoms with van der Waals surface area (Å²) in [6.45, 7) is 5.97. The second-order valence-corrected chi connectivity index (χ2v) is 5.12. The smallest absolute Gasteiger partial charge is 0.187 e. The monoisotopic (exact) mass is 239 g/mol. The molecule has 0 amide bonds. The van der Waals surface area contributed by atoms with Gasteiger partial charge >= 0.3 is 0 Å². The van der Waals surface area contributed by atoms with E-state index in [1.807, 2.05) is 0 Å². The minimum Gasteiger partial charge on any atom is -0.378 e. The van der Waals surface area contributed by atoms with E-state index in [1.54, 1.807) is 11.3 Å². The molecule has 3 heterocycles. The van der Waals surface area contributed by atoms with Crippen LogP contribution in [0.4, 0.5) is 10.9 Å². The molecule has 2 fully saturated rings. The number of nitrogens with zero attached hydrogens (tertiary/aromatic N) is 3. The van der Waals surface area contributed by atoms with Crippen LogP contribution < -0.4 is 9.80 Å². The van der Waals surface area contributed by atoms with Gasteiger partial charge in [-0.25, -0.2) is 4.98 Å². The zero-order chi connectivity index (χ0) is 10.8. The van der Waals surface area contributed by atoms with Crippen LogP contribution in [0.1, 0.15) is 12.8 Å². The molecule has 0 N–H and O–H groups in total. The standard InChI is InChI=1S/C11H17N3OS/c1-2-4-13(3-1)10-9-16-11(12-10)14-5-7-15-8-6-14/h9H,1-8H2. The van der Waals surface area contributed by atoms with Crippen LogP contribution in [0.3, 0.4) is 0 Å². The largest absolute Gasteiger partial charge is 0.378 e. The van der Waals surface area contributed by atoms with E-state index in [4.69, 9.17) is 9.72 Å². The number of ether oxygens (including phenoxy) is 1. The van der Waals surface area contributed by atoms with Gasteiger partial charge in [0.15, 0.2) is 5.13 Å². The first-order chi connectivity index (χ1) is 7.93. The van der Waals surface area contributed by atoms with E-state index >= 15 is 0 Å². The highest BCUT2D eigenvalue weighted by molar-refractivity contribution is 7.14. The van der Waals surface area contributed by atoms with Gasteiger partial charge in [0, 0.05) is 31.6 Å². The zero-order valence-electron chi connectivity index (χ0n) is 9.39. The lowest BCUT2D eigenvalue weighted by Crippen LogP contribution is -2.36. The van der Waals surface area contributed by atoms with E-state index in [0.29, 0.717) is 0 Å². The second kappa shape index (κ2) is 4.59. The summed E-state index contributed by atoms with van der Waals surface area (Å²) >= 11 is 1.76. The fourth-order valence-electron chi connectivity index (χ4n) is 2.25. The molecule has 0 aromatic carbocycles. The van der Waals surface area contributed by atoms with Crippen molar-refractivity contribution in [3.8, 4) is 0 Å². The van der Waals surface area contributed by atoms with Crippen molar-refractivity contribution in [3.05, 3.63) is 5.38 Å². The molecule has 0 spiro atoms. The Labute approximate surface area is 99.8 Å². The Bertz CT molecular complexity index is 343. The summed E-state index contributed by atoms with van der Waals surface area (Å²) in [7, 11) is 0. The van der Waals surface area contributed by atoms with E-state index in [0.717, 1.165) is 31.4 Å². The summed E-state index contributed by atoms with van der Waals surface area (Å²) < 4.78 is 5.35. The van der Waals surface area contributed by atoms with Crippen LogP contribution in [0.5, 0.6) is 0 Å². The number of morpholine rings is 1. The number of aromatic nitrogens is 1. The van der Waals surface area contributed by atoms with E-state index in [-0.39, 0.29) is 0 Å². The molecule has 2 saturated heterocycles. The van der Waals surface area contributed by atoms with Crippen molar-refractivity contribution in [2.45, 2.75) is 12.8 Å². The predicted molar refractivity (Wildman–Crippen MR) is 66.6 cm³/mol. The van der Waals surface area contributed by atoms with E-state index in [1.165, 1.54) is 31.7 Å². The molecule has 0 atom stereocenters. The Kier molecular flexibility index (Phi) is 2.97. The third kappa shape index (κ3) is 2.01. The first-order valence-electron chi connectivity index (χ1n) is 5.97. The molecule has 5 heteroatoms. The molecule has 3 rings (SSSR count). The highest BCUT2D eigenvalue weighted by Gasteiger charge is 2.18. The maximum Gasteiger partial charge on any atom is 0.187 e. The molecule has 0 radical (unpaired) electrons. The molecule has 88 valence electrons. The van der Waals surface area contributed by atoms with Crippen molar-refractivity contribution < 1.29 is 4.74 Å². The van der Waals surface area contributed by atoms with E-state index < -0.39 is 0 Å². The SMILES string of the molecule is c1sc(N2CCOCC2)nc1N1CCCC1. The Balaban J connectivity index is 1.71. The second-order valence-electron chi connectivity index (χ2n) is 4.28. The molecule has 0 saturated carbocycles. The van der Waals surface area contributed by atoms with Gasteiger partial charge in [-0.3, -0.25) is 0 Å². The fourth-order valence-corrected chi connectivity index (χ4v) is 3.14. The third-order valence-corrected chi connectivity index (χ3v) is 4.08. The van der Waals surface area contributed by atoms with Gasteiger partial charge in [-0.1, -0.05) is 0 Å². The van der Waals surface area contributed by atoms with Crippen molar-refractivity contribution in [3.63, 3.8) is 0 Å². The van der Waals surface area contributed by atoms with Gasteiger partial charge in [0.2, 0.25) is 0 Å². The summed E-state index contributed by atoms with van der Waals surface area (Å²) in [5.74, 6) is 1.17. The molecule has 1 aromatic heterocycles. The number of hydrogen-bond acceptors (Lipinski definition) is 5. The molecule has 4 nitrogen and oxygen atoms in total.